The molecular formula is C17H31N5O. The maximum atomic E-state index is 12.1. The lowest BCUT2D eigenvalue weighted by Crippen LogP contribution is -2.44. The van der Waals surface area contributed by atoms with E-state index in [9.17, 15) is 4.79 Å². The number of piperidine rings is 1. The van der Waals surface area contributed by atoms with Crippen molar-refractivity contribution in [2.75, 3.05) is 40.3 Å². The number of imidazole rings is 1. The standard InChI is InChI=1S/C17H31N5O/c1-4-5-8-19-17(23)22-10-6-15(7-11-22)16-18-9-12-21(16)14-13-20(2)3/h9,12,15H,4-8,10-11,13-14H2,1-3H3,(H,19,23). The molecule has 1 aromatic heterocycles. The van der Waals surface area contributed by atoms with Crippen molar-refractivity contribution in [3.63, 3.8) is 0 Å². The highest BCUT2D eigenvalue weighted by atomic mass is 16.2. The van der Waals surface area contributed by atoms with Gasteiger partial charge in [-0.2, -0.15) is 0 Å². The monoisotopic (exact) mass is 321 g/mol. The summed E-state index contributed by atoms with van der Waals surface area (Å²) >= 11 is 0. The van der Waals surface area contributed by atoms with Crippen molar-refractivity contribution in [2.45, 2.75) is 45.1 Å². The predicted molar refractivity (Wildman–Crippen MR) is 92.6 cm³/mol. The van der Waals surface area contributed by atoms with Gasteiger partial charge >= 0.3 is 6.03 Å². The van der Waals surface area contributed by atoms with E-state index in [1.165, 1.54) is 5.82 Å². The van der Waals surface area contributed by atoms with E-state index < -0.39 is 0 Å². The summed E-state index contributed by atoms with van der Waals surface area (Å²) < 4.78 is 2.27. The van der Waals surface area contributed by atoms with Gasteiger partial charge in [-0.1, -0.05) is 13.3 Å². The molecule has 1 aliphatic rings. The summed E-state index contributed by atoms with van der Waals surface area (Å²) in [7, 11) is 4.18. The number of likely N-dealkylation sites (tertiary alicyclic amines) is 1. The van der Waals surface area contributed by atoms with Crippen LogP contribution in [-0.2, 0) is 6.54 Å². The summed E-state index contributed by atoms with van der Waals surface area (Å²) in [5, 5.41) is 3.01. The Bertz CT molecular complexity index is 477. The fraction of sp³-hybridized carbons (Fsp3) is 0.765. The van der Waals surface area contributed by atoms with Crippen LogP contribution in [-0.4, -0.2) is 65.7 Å². The minimum Gasteiger partial charge on any atom is -0.338 e. The molecule has 0 saturated carbocycles. The molecule has 2 rings (SSSR count). The molecular weight excluding hydrogens is 290 g/mol. The van der Waals surface area contributed by atoms with E-state index in [1.807, 2.05) is 11.1 Å². The Morgan fingerprint density at radius 2 is 2.13 bits per heavy atom. The lowest BCUT2D eigenvalue weighted by Gasteiger charge is -2.32. The Balaban J connectivity index is 1.82. The second kappa shape index (κ2) is 8.91. The Morgan fingerprint density at radius 1 is 1.39 bits per heavy atom. The molecule has 0 radical (unpaired) electrons. The normalized spacial score (nSPS) is 16.1. The van der Waals surface area contributed by atoms with Gasteiger partial charge in [-0.15, -0.1) is 0 Å². The minimum absolute atomic E-state index is 0.0906. The van der Waals surface area contributed by atoms with Gasteiger partial charge in [0.05, 0.1) is 0 Å². The van der Waals surface area contributed by atoms with Gasteiger partial charge in [0.1, 0.15) is 5.82 Å². The van der Waals surface area contributed by atoms with Gasteiger partial charge in [0.25, 0.3) is 0 Å². The highest BCUT2D eigenvalue weighted by Gasteiger charge is 2.26. The van der Waals surface area contributed by atoms with Gasteiger partial charge < -0.3 is 19.7 Å². The van der Waals surface area contributed by atoms with Crippen LogP contribution in [0, 0.1) is 0 Å². The number of hydrogen-bond acceptors (Lipinski definition) is 3. The number of amides is 2. The predicted octanol–water partition coefficient (Wildman–Crippen LogP) is 2.13. The maximum absolute atomic E-state index is 12.1. The van der Waals surface area contributed by atoms with Crippen LogP contribution in [0.5, 0.6) is 0 Å². The molecule has 0 aliphatic carbocycles. The fourth-order valence-corrected chi connectivity index (χ4v) is 3.00. The Kier molecular flexibility index (Phi) is 6.89. The molecule has 1 fully saturated rings. The van der Waals surface area contributed by atoms with Crippen molar-refractivity contribution in [1.29, 1.82) is 0 Å². The number of likely N-dealkylation sites (N-methyl/N-ethyl adjacent to an activating group) is 1. The summed E-state index contributed by atoms with van der Waals surface area (Å²) in [6, 6.07) is 0.0906. The van der Waals surface area contributed by atoms with E-state index >= 15 is 0 Å². The first-order valence-corrected chi connectivity index (χ1v) is 8.80. The van der Waals surface area contributed by atoms with Crippen molar-refractivity contribution in [1.82, 2.24) is 24.7 Å². The third-order valence-electron chi connectivity index (χ3n) is 4.49. The van der Waals surface area contributed by atoms with Gasteiger partial charge in [-0.3, -0.25) is 0 Å². The average Bonchev–Trinajstić information content (AvgIpc) is 3.01. The second-order valence-electron chi connectivity index (χ2n) is 6.63. The van der Waals surface area contributed by atoms with Gasteiger partial charge in [0.15, 0.2) is 0 Å². The molecule has 23 heavy (non-hydrogen) atoms. The molecule has 6 nitrogen and oxygen atoms in total. The SMILES string of the molecule is CCCCNC(=O)N1CCC(c2nccn2CCN(C)C)CC1. The maximum Gasteiger partial charge on any atom is 0.317 e. The van der Waals surface area contributed by atoms with E-state index in [2.05, 4.69) is 47.0 Å². The molecule has 2 heterocycles. The van der Waals surface area contributed by atoms with Crippen LogP contribution < -0.4 is 5.32 Å². The molecule has 0 unspecified atom stereocenters. The average molecular weight is 321 g/mol. The summed E-state index contributed by atoms with van der Waals surface area (Å²) in [5.41, 5.74) is 0. The van der Waals surface area contributed by atoms with Crippen LogP contribution in [0.4, 0.5) is 4.79 Å². The number of nitrogens with zero attached hydrogens (tertiary/aromatic N) is 4. The van der Waals surface area contributed by atoms with E-state index in [-0.39, 0.29) is 6.03 Å². The summed E-state index contributed by atoms with van der Waals surface area (Å²) in [6.07, 6.45) is 8.13. The van der Waals surface area contributed by atoms with Crippen LogP contribution in [0.25, 0.3) is 0 Å². The number of rotatable bonds is 7. The Morgan fingerprint density at radius 3 is 2.78 bits per heavy atom. The highest BCUT2D eigenvalue weighted by Crippen LogP contribution is 2.26. The number of aromatic nitrogens is 2. The van der Waals surface area contributed by atoms with Crippen molar-refractivity contribution >= 4 is 6.03 Å². The van der Waals surface area contributed by atoms with E-state index in [0.717, 1.165) is 58.4 Å². The molecule has 0 spiro atoms. The second-order valence-corrected chi connectivity index (χ2v) is 6.63. The van der Waals surface area contributed by atoms with Crippen LogP contribution in [0.15, 0.2) is 12.4 Å². The molecule has 1 N–H and O–H groups in total. The molecule has 1 saturated heterocycles. The van der Waals surface area contributed by atoms with E-state index in [4.69, 9.17) is 0 Å². The fourth-order valence-electron chi connectivity index (χ4n) is 3.00. The zero-order chi connectivity index (χ0) is 16.7. The summed E-state index contributed by atoms with van der Waals surface area (Å²) in [5.74, 6) is 1.64. The number of carbonyl (C=O) groups is 1. The van der Waals surface area contributed by atoms with Crippen molar-refractivity contribution in [3.05, 3.63) is 18.2 Å². The Labute approximate surface area is 139 Å². The lowest BCUT2D eigenvalue weighted by atomic mass is 9.96. The molecule has 130 valence electrons. The lowest BCUT2D eigenvalue weighted by molar-refractivity contribution is 0.179. The quantitative estimate of drug-likeness (QED) is 0.783. The molecule has 1 aliphatic heterocycles. The first kappa shape index (κ1) is 17.8. The van der Waals surface area contributed by atoms with E-state index in [0.29, 0.717) is 5.92 Å². The van der Waals surface area contributed by atoms with Crippen molar-refractivity contribution in [2.24, 2.45) is 0 Å². The third kappa shape index (κ3) is 5.23. The van der Waals surface area contributed by atoms with Crippen LogP contribution in [0.3, 0.4) is 0 Å². The van der Waals surface area contributed by atoms with E-state index in [1.54, 1.807) is 0 Å². The molecule has 0 aromatic carbocycles. The topological polar surface area (TPSA) is 53.4 Å². The van der Waals surface area contributed by atoms with Crippen molar-refractivity contribution < 1.29 is 4.79 Å². The van der Waals surface area contributed by atoms with Gasteiger partial charge in [0.2, 0.25) is 0 Å². The molecule has 2 amide bonds. The molecule has 6 heteroatoms. The third-order valence-corrected chi connectivity index (χ3v) is 4.49. The molecule has 1 aromatic rings. The number of carbonyl (C=O) groups excluding carboxylic acids is 1. The largest absolute Gasteiger partial charge is 0.338 e. The summed E-state index contributed by atoms with van der Waals surface area (Å²) in [6.45, 7) is 6.55. The van der Waals surface area contributed by atoms with Gasteiger partial charge in [-0.25, -0.2) is 9.78 Å². The molecule has 0 bridgehead atoms. The van der Waals surface area contributed by atoms with Crippen LogP contribution in [0.1, 0.15) is 44.3 Å². The number of hydrogen-bond donors (Lipinski definition) is 1. The smallest absolute Gasteiger partial charge is 0.317 e. The Hall–Kier alpha value is -1.56. The zero-order valence-electron chi connectivity index (χ0n) is 14.8. The number of urea groups is 1. The number of unbranched alkanes of at least 4 members (excludes halogenated alkanes) is 1. The van der Waals surface area contributed by atoms with Crippen LogP contribution in [0.2, 0.25) is 0 Å². The summed E-state index contributed by atoms with van der Waals surface area (Å²) in [4.78, 5) is 20.8. The first-order valence-electron chi connectivity index (χ1n) is 8.80. The van der Waals surface area contributed by atoms with Crippen molar-refractivity contribution in [3.8, 4) is 0 Å². The molecule has 0 atom stereocenters. The van der Waals surface area contributed by atoms with Gasteiger partial charge in [0, 0.05) is 51.0 Å². The van der Waals surface area contributed by atoms with Gasteiger partial charge in [-0.05, 0) is 33.4 Å². The van der Waals surface area contributed by atoms with Crippen LogP contribution >= 0.6 is 0 Å². The zero-order valence-corrected chi connectivity index (χ0v) is 14.8. The highest BCUT2D eigenvalue weighted by molar-refractivity contribution is 5.74. The number of nitrogens with one attached hydrogen (secondary N) is 1. The minimum atomic E-state index is 0.0906. The first-order chi connectivity index (χ1) is 11.1.